The first-order valence-corrected chi connectivity index (χ1v) is 7.79. The van der Waals surface area contributed by atoms with Gasteiger partial charge in [0.1, 0.15) is 5.82 Å². The summed E-state index contributed by atoms with van der Waals surface area (Å²) in [5, 5.41) is 3.36. The Morgan fingerprint density at radius 3 is 2.43 bits per heavy atom. The highest BCUT2D eigenvalue weighted by Gasteiger charge is 2.13. The molecule has 0 aliphatic heterocycles. The zero-order chi connectivity index (χ0) is 15.2. The third-order valence-electron chi connectivity index (χ3n) is 3.65. The molecule has 0 aliphatic carbocycles. The van der Waals surface area contributed by atoms with Gasteiger partial charge in [0.15, 0.2) is 0 Å². The van der Waals surface area contributed by atoms with Gasteiger partial charge in [0.2, 0.25) is 0 Å². The summed E-state index contributed by atoms with van der Waals surface area (Å²) < 4.78 is 14.1. The fraction of sp³-hybridized carbons (Fsp3) is 0.294. The van der Waals surface area contributed by atoms with E-state index in [1.54, 1.807) is 0 Å². The summed E-state index contributed by atoms with van der Waals surface area (Å²) in [4.78, 5) is 2.14. The number of anilines is 1. The minimum atomic E-state index is -0.200. The molecule has 0 heterocycles. The molecule has 0 amide bonds. The first kappa shape index (κ1) is 16.0. The Bertz CT molecular complexity index is 571. The SMILES string of the molecule is CNC(CCN(C)c1ccc(F)cc1)c1ccccc1Br. The molecule has 1 unspecified atom stereocenters. The zero-order valence-corrected chi connectivity index (χ0v) is 13.9. The van der Waals surface area contributed by atoms with Gasteiger partial charge in [-0.3, -0.25) is 0 Å². The van der Waals surface area contributed by atoms with Crippen molar-refractivity contribution in [2.75, 3.05) is 25.5 Å². The highest BCUT2D eigenvalue weighted by molar-refractivity contribution is 9.10. The lowest BCUT2D eigenvalue weighted by Crippen LogP contribution is -2.25. The number of hydrogen-bond donors (Lipinski definition) is 1. The monoisotopic (exact) mass is 350 g/mol. The highest BCUT2D eigenvalue weighted by Crippen LogP contribution is 2.26. The summed E-state index contributed by atoms with van der Waals surface area (Å²) in [5.41, 5.74) is 2.28. The Balaban J connectivity index is 2.00. The van der Waals surface area contributed by atoms with Crippen LogP contribution in [0.3, 0.4) is 0 Å². The van der Waals surface area contributed by atoms with E-state index < -0.39 is 0 Å². The van der Waals surface area contributed by atoms with Crippen molar-refractivity contribution in [2.24, 2.45) is 0 Å². The number of benzene rings is 2. The van der Waals surface area contributed by atoms with E-state index in [1.165, 1.54) is 17.7 Å². The molecule has 2 rings (SSSR count). The van der Waals surface area contributed by atoms with Crippen molar-refractivity contribution < 1.29 is 4.39 Å². The molecule has 0 fully saturated rings. The maximum Gasteiger partial charge on any atom is 0.123 e. The van der Waals surface area contributed by atoms with E-state index in [2.05, 4.69) is 38.3 Å². The van der Waals surface area contributed by atoms with E-state index >= 15 is 0 Å². The van der Waals surface area contributed by atoms with Crippen molar-refractivity contribution in [2.45, 2.75) is 12.5 Å². The van der Waals surface area contributed by atoms with Crippen molar-refractivity contribution in [3.05, 3.63) is 64.4 Å². The molecule has 2 aromatic carbocycles. The Labute approximate surface area is 134 Å². The minimum absolute atomic E-state index is 0.200. The number of halogens is 2. The van der Waals surface area contributed by atoms with Crippen LogP contribution in [0.4, 0.5) is 10.1 Å². The summed E-state index contributed by atoms with van der Waals surface area (Å²) in [5.74, 6) is -0.200. The van der Waals surface area contributed by atoms with Crippen LogP contribution in [0.2, 0.25) is 0 Å². The maximum absolute atomic E-state index is 13.0. The van der Waals surface area contributed by atoms with E-state index in [1.807, 2.05) is 38.4 Å². The van der Waals surface area contributed by atoms with Crippen LogP contribution in [0.15, 0.2) is 53.0 Å². The average Bonchev–Trinajstić information content (AvgIpc) is 2.50. The maximum atomic E-state index is 13.0. The second-order valence-electron chi connectivity index (χ2n) is 5.05. The largest absolute Gasteiger partial charge is 0.375 e. The molecule has 0 saturated carbocycles. The Kier molecular flexibility index (Phi) is 5.76. The molecule has 112 valence electrons. The second kappa shape index (κ2) is 7.57. The van der Waals surface area contributed by atoms with E-state index in [4.69, 9.17) is 0 Å². The minimum Gasteiger partial charge on any atom is -0.375 e. The van der Waals surface area contributed by atoms with E-state index in [0.29, 0.717) is 0 Å². The standard InChI is InChI=1S/C17H20BrFN2/c1-20-17(15-5-3-4-6-16(15)18)11-12-21(2)14-9-7-13(19)8-10-14/h3-10,17,20H,11-12H2,1-2H3. The normalized spacial score (nSPS) is 12.2. The first-order valence-electron chi connectivity index (χ1n) is 7.00. The van der Waals surface area contributed by atoms with Crippen LogP contribution in [0.25, 0.3) is 0 Å². The molecule has 0 bridgehead atoms. The molecular formula is C17H20BrFN2. The summed E-state index contributed by atoms with van der Waals surface area (Å²) in [6, 6.07) is 15.1. The molecule has 2 aromatic rings. The van der Waals surface area contributed by atoms with Gasteiger partial charge < -0.3 is 10.2 Å². The molecule has 0 aliphatic rings. The van der Waals surface area contributed by atoms with Crippen LogP contribution in [-0.2, 0) is 0 Å². The summed E-state index contributed by atoms with van der Waals surface area (Å²) >= 11 is 3.60. The first-order chi connectivity index (χ1) is 10.1. The number of rotatable bonds is 6. The summed E-state index contributed by atoms with van der Waals surface area (Å²) in [6.07, 6.45) is 0.965. The van der Waals surface area contributed by atoms with Crippen molar-refractivity contribution in [1.29, 1.82) is 0 Å². The molecule has 0 spiro atoms. The molecule has 1 N–H and O–H groups in total. The van der Waals surface area contributed by atoms with Gasteiger partial charge in [-0.05, 0) is 49.4 Å². The van der Waals surface area contributed by atoms with Gasteiger partial charge in [0.05, 0.1) is 0 Å². The van der Waals surface area contributed by atoms with Crippen LogP contribution in [0.5, 0.6) is 0 Å². The van der Waals surface area contributed by atoms with Crippen LogP contribution >= 0.6 is 15.9 Å². The number of nitrogens with one attached hydrogen (secondary N) is 1. The second-order valence-corrected chi connectivity index (χ2v) is 5.90. The van der Waals surface area contributed by atoms with Crippen molar-refractivity contribution >= 4 is 21.6 Å². The Hall–Kier alpha value is -1.39. The molecule has 1 atom stereocenters. The van der Waals surface area contributed by atoms with Gasteiger partial charge in [-0.2, -0.15) is 0 Å². The predicted octanol–water partition coefficient (Wildman–Crippen LogP) is 4.38. The third-order valence-corrected chi connectivity index (χ3v) is 4.37. The molecule has 21 heavy (non-hydrogen) atoms. The zero-order valence-electron chi connectivity index (χ0n) is 12.3. The van der Waals surface area contributed by atoms with Crippen LogP contribution in [-0.4, -0.2) is 20.6 Å². The number of nitrogens with zero attached hydrogens (tertiary/aromatic N) is 1. The van der Waals surface area contributed by atoms with Crippen LogP contribution in [0, 0.1) is 5.82 Å². The van der Waals surface area contributed by atoms with Crippen molar-refractivity contribution in [1.82, 2.24) is 5.32 Å². The lowest BCUT2D eigenvalue weighted by Gasteiger charge is -2.24. The molecule has 0 aromatic heterocycles. The van der Waals surface area contributed by atoms with Crippen LogP contribution in [0.1, 0.15) is 18.0 Å². The molecular weight excluding hydrogens is 331 g/mol. The highest BCUT2D eigenvalue weighted by atomic mass is 79.9. The summed E-state index contributed by atoms with van der Waals surface area (Å²) in [6.45, 7) is 0.887. The van der Waals surface area contributed by atoms with Gasteiger partial charge >= 0.3 is 0 Å². The van der Waals surface area contributed by atoms with Crippen LogP contribution < -0.4 is 10.2 Å². The van der Waals surface area contributed by atoms with Gasteiger partial charge in [-0.1, -0.05) is 34.1 Å². The molecule has 0 radical (unpaired) electrons. The fourth-order valence-electron chi connectivity index (χ4n) is 2.36. The summed E-state index contributed by atoms with van der Waals surface area (Å²) in [7, 11) is 4.00. The topological polar surface area (TPSA) is 15.3 Å². The Morgan fingerprint density at radius 2 is 1.81 bits per heavy atom. The fourth-order valence-corrected chi connectivity index (χ4v) is 2.92. The average molecular weight is 351 g/mol. The van der Waals surface area contributed by atoms with Crippen molar-refractivity contribution in [3.63, 3.8) is 0 Å². The van der Waals surface area contributed by atoms with Crippen molar-refractivity contribution in [3.8, 4) is 0 Å². The quantitative estimate of drug-likeness (QED) is 0.831. The smallest absolute Gasteiger partial charge is 0.123 e. The third kappa shape index (κ3) is 4.29. The predicted molar refractivity (Wildman–Crippen MR) is 90.2 cm³/mol. The molecule has 0 saturated heterocycles. The van der Waals surface area contributed by atoms with Gasteiger partial charge in [0.25, 0.3) is 0 Å². The van der Waals surface area contributed by atoms with E-state index in [-0.39, 0.29) is 11.9 Å². The van der Waals surface area contributed by atoms with E-state index in [9.17, 15) is 4.39 Å². The Morgan fingerprint density at radius 1 is 1.14 bits per heavy atom. The molecule has 2 nitrogen and oxygen atoms in total. The van der Waals surface area contributed by atoms with E-state index in [0.717, 1.165) is 23.1 Å². The lowest BCUT2D eigenvalue weighted by molar-refractivity contribution is 0.547. The molecule has 4 heteroatoms. The number of hydrogen-bond acceptors (Lipinski definition) is 2. The van der Waals surface area contributed by atoms with Gasteiger partial charge in [-0.25, -0.2) is 4.39 Å². The van der Waals surface area contributed by atoms with Gasteiger partial charge in [0, 0.05) is 29.8 Å². The van der Waals surface area contributed by atoms with Gasteiger partial charge in [-0.15, -0.1) is 0 Å². The lowest BCUT2D eigenvalue weighted by atomic mass is 10.0.